The summed E-state index contributed by atoms with van der Waals surface area (Å²) in [5.41, 5.74) is 2.85. The van der Waals surface area contributed by atoms with Crippen LogP contribution in [0.15, 0.2) is 48.5 Å². The number of nitrogens with zero attached hydrogens (tertiary/aromatic N) is 1. The lowest BCUT2D eigenvalue weighted by Crippen LogP contribution is -2.31. The largest absolute Gasteiger partial charge is 0.421 e. The van der Waals surface area contributed by atoms with Crippen molar-refractivity contribution in [3.8, 4) is 5.75 Å². The molecule has 1 aliphatic rings. The number of ether oxygens (including phenoxy) is 1. The first-order chi connectivity index (χ1) is 16.5. The molecule has 1 heterocycles. The monoisotopic (exact) mass is 529 g/mol. The SMILES string of the molecule is CC(C)c1cccc(C(C)C)c1N1C(=O)c2ccc(C(=O)Oc3cc(Cl)cc(Cl)c3Cl)cc2C1=O. The molecule has 35 heavy (non-hydrogen) atoms. The van der Waals surface area contributed by atoms with Crippen LogP contribution in [0, 0.1) is 0 Å². The molecule has 3 aromatic rings. The summed E-state index contributed by atoms with van der Waals surface area (Å²) in [6, 6.07) is 12.9. The number of fused-ring (bicyclic) bond motifs is 1. The van der Waals surface area contributed by atoms with E-state index in [9.17, 15) is 14.4 Å². The van der Waals surface area contributed by atoms with Gasteiger partial charge in [0, 0.05) is 11.1 Å². The van der Waals surface area contributed by atoms with E-state index in [1.165, 1.54) is 35.2 Å². The van der Waals surface area contributed by atoms with E-state index in [4.69, 9.17) is 39.5 Å². The molecule has 0 radical (unpaired) electrons. The number of esters is 1. The van der Waals surface area contributed by atoms with E-state index in [0.717, 1.165) is 11.1 Å². The Morgan fingerprint density at radius 3 is 2.03 bits per heavy atom. The van der Waals surface area contributed by atoms with Gasteiger partial charge in [-0.2, -0.15) is 0 Å². The summed E-state index contributed by atoms with van der Waals surface area (Å²) < 4.78 is 5.38. The van der Waals surface area contributed by atoms with Crippen LogP contribution in [-0.2, 0) is 0 Å². The Balaban J connectivity index is 1.73. The minimum absolute atomic E-state index is 0.00821. The third-order valence-corrected chi connectivity index (χ3v) is 6.85. The highest BCUT2D eigenvalue weighted by Crippen LogP contribution is 2.40. The minimum atomic E-state index is -0.766. The molecule has 0 aromatic heterocycles. The van der Waals surface area contributed by atoms with Gasteiger partial charge in [0.25, 0.3) is 11.8 Å². The highest BCUT2D eigenvalue weighted by atomic mass is 35.5. The van der Waals surface area contributed by atoms with Crippen LogP contribution in [0.3, 0.4) is 0 Å². The lowest BCUT2D eigenvalue weighted by atomic mass is 9.92. The van der Waals surface area contributed by atoms with E-state index < -0.39 is 17.8 Å². The Morgan fingerprint density at radius 2 is 1.43 bits per heavy atom. The number of rotatable bonds is 5. The zero-order valence-electron chi connectivity index (χ0n) is 19.5. The van der Waals surface area contributed by atoms with Crippen molar-refractivity contribution in [1.29, 1.82) is 0 Å². The van der Waals surface area contributed by atoms with Crippen LogP contribution < -0.4 is 9.64 Å². The highest BCUT2D eigenvalue weighted by molar-refractivity contribution is 6.44. The van der Waals surface area contributed by atoms with Crippen molar-refractivity contribution in [2.45, 2.75) is 39.5 Å². The van der Waals surface area contributed by atoms with E-state index in [1.54, 1.807) is 0 Å². The average Bonchev–Trinajstić information content (AvgIpc) is 3.05. The minimum Gasteiger partial charge on any atom is -0.421 e. The van der Waals surface area contributed by atoms with Crippen molar-refractivity contribution >= 4 is 58.3 Å². The van der Waals surface area contributed by atoms with Gasteiger partial charge >= 0.3 is 5.97 Å². The number of hydrogen-bond donors (Lipinski definition) is 0. The molecule has 180 valence electrons. The van der Waals surface area contributed by atoms with Gasteiger partial charge in [-0.15, -0.1) is 0 Å². The summed E-state index contributed by atoms with van der Waals surface area (Å²) >= 11 is 18.1. The molecule has 0 bridgehead atoms. The second-order valence-corrected chi connectivity index (χ2v) is 10.1. The number of hydrogen-bond acceptors (Lipinski definition) is 4. The quantitative estimate of drug-likeness (QED) is 0.145. The van der Waals surface area contributed by atoms with Crippen LogP contribution in [0.1, 0.15) is 81.7 Å². The topological polar surface area (TPSA) is 63.7 Å². The van der Waals surface area contributed by atoms with Crippen LogP contribution in [0.25, 0.3) is 0 Å². The number of anilines is 1. The number of benzene rings is 3. The summed E-state index contributed by atoms with van der Waals surface area (Å²) in [6.07, 6.45) is 0. The van der Waals surface area contributed by atoms with Crippen molar-refractivity contribution in [2.24, 2.45) is 0 Å². The van der Waals surface area contributed by atoms with Gasteiger partial charge in [0.05, 0.1) is 27.4 Å². The van der Waals surface area contributed by atoms with E-state index in [0.29, 0.717) is 5.69 Å². The Hall–Kier alpha value is -2.86. The maximum atomic E-state index is 13.5. The van der Waals surface area contributed by atoms with Crippen molar-refractivity contribution in [3.05, 3.63) is 91.4 Å². The first kappa shape index (κ1) is 25.2. The Morgan fingerprint density at radius 1 is 0.829 bits per heavy atom. The molecule has 4 rings (SSSR count). The summed E-state index contributed by atoms with van der Waals surface area (Å²) in [7, 11) is 0. The Kier molecular flexibility index (Phi) is 6.96. The van der Waals surface area contributed by atoms with Gasteiger partial charge in [-0.05, 0) is 47.2 Å². The maximum absolute atomic E-state index is 13.5. The van der Waals surface area contributed by atoms with Crippen LogP contribution in [0.2, 0.25) is 15.1 Å². The molecule has 0 fully saturated rings. The van der Waals surface area contributed by atoms with Gasteiger partial charge in [0.15, 0.2) is 5.75 Å². The molecular formula is C27H22Cl3NO4. The van der Waals surface area contributed by atoms with Crippen molar-refractivity contribution < 1.29 is 19.1 Å². The maximum Gasteiger partial charge on any atom is 0.343 e. The molecule has 1 aliphatic heterocycles. The van der Waals surface area contributed by atoms with Gasteiger partial charge in [0.1, 0.15) is 5.02 Å². The first-order valence-electron chi connectivity index (χ1n) is 11.0. The molecule has 0 N–H and O–H groups in total. The van der Waals surface area contributed by atoms with Gasteiger partial charge in [-0.1, -0.05) is 80.7 Å². The molecule has 8 heteroatoms. The lowest BCUT2D eigenvalue weighted by molar-refractivity contribution is 0.0734. The summed E-state index contributed by atoms with van der Waals surface area (Å²) in [5, 5.41) is 0.420. The van der Waals surface area contributed by atoms with Crippen molar-refractivity contribution in [2.75, 3.05) is 4.90 Å². The van der Waals surface area contributed by atoms with Gasteiger partial charge < -0.3 is 4.74 Å². The summed E-state index contributed by atoms with van der Waals surface area (Å²) in [4.78, 5) is 41.0. The fraction of sp³-hybridized carbons (Fsp3) is 0.222. The third-order valence-electron chi connectivity index (χ3n) is 5.85. The number of carbonyl (C=O) groups is 3. The number of imide groups is 1. The third kappa shape index (κ3) is 4.56. The first-order valence-corrected chi connectivity index (χ1v) is 12.2. The van der Waals surface area contributed by atoms with Crippen molar-refractivity contribution in [1.82, 2.24) is 0 Å². The molecule has 0 aliphatic carbocycles. The molecule has 0 saturated carbocycles. The Bertz CT molecular complexity index is 1350. The van der Waals surface area contributed by atoms with E-state index in [2.05, 4.69) is 0 Å². The van der Waals surface area contributed by atoms with E-state index >= 15 is 0 Å². The van der Waals surface area contributed by atoms with Gasteiger partial charge in [-0.3, -0.25) is 9.59 Å². The van der Waals surface area contributed by atoms with E-state index in [1.807, 2.05) is 45.9 Å². The molecule has 3 aromatic carbocycles. The van der Waals surface area contributed by atoms with Crippen LogP contribution >= 0.6 is 34.8 Å². The van der Waals surface area contributed by atoms with Gasteiger partial charge in [0.2, 0.25) is 0 Å². The predicted molar refractivity (Wildman–Crippen MR) is 139 cm³/mol. The normalized spacial score (nSPS) is 13.1. The zero-order valence-corrected chi connectivity index (χ0v) is 21.8. The molecule has 5 nitrogen and oxygen atoms in total. The van der Waals surface area contributed by atoms with Gasteiger partial charge in [-0.25, -0.2) is 9.69 Å². The van der Waals surface area contributed by atoms with Crippen LogP contribution in [0.5, 0.6) is 5.75 Å². The molecule has 0 unspecified atom stereocenters. The van der Waals surface area contributed by atoms with Crippen LogP contribution in [-0.4, -0.2) is 17.8 Å². The average molecular weight is 531 g/mol. The molecule has 0 atom stereocenters. The number of amides is 2. The lowest BCUT2D eigenvalue weighted by Gasteiger charge is -2.25. The zero-order chi connectivity index (χ0) is 25.6. The molecule has 2 amide bonds. The number of halogens is 3. The molecule has 0 saturated heterocycles. The number of para-hydroxylation sites is 1. The second kappa shape index (κ2) is 9.65. The molecule has 0 spiro atoms. The fourth-order valence-electron chi connectivity index (χ4n) is 4.11. The van der Waals surface area contributed by atoms with E-state index in [-0.39, 0.29) is 49.3 Å². The highest BCUT2D eigenvalue weighted by Gasteiger charge is 2.39. The Labute approximate surface area is 218 Å². The molecular weight excluding hydrogens is 509 g/mol. The summed E-state index contributed by atoms with van der Waals surface area (Å²) in [6.45, 7) is 8.07. The predicted octanol–water partition coefficient (Wildman–Crippen LogP) is 7.91. The summed E-state index contributed by atoms with van der Waals surface area (Å²) in [5.74, 6) is -1.51. The standard InChI is InChI=1S/C27H22Cl3NO4/c1-13(2)17-6-5-7-18(14(3)4)24(17)31-25(32)19-9-8-15(10-20(19)26(31)33)27(34)35-22-12-16(28)11-21(29)23(22)30/h5-14H,1-4H3. The van der Waals surface area contributed by atoms with Crippen molar-refractivity contribution in [3.63, 3.8) is 0 Å². The fourth-order valence-corrected chi connectivity index (χ4v) is 4.73. The second-order valence-electron chi connectivity index (χ2n) is 8.89. The van der Waals surface area contributed by atoms with Crippen LogP contribution in [0.4, 0.5) is 5.69 Å². The smallest absolute Gasteiger partial charge is 0.343 e. The number of carbonyl (C=O) groups excluding carboxylic acids is 3.